The second kappa shape index (κ2) is 5.55. The fourth-order valence-corrected chi connectivity index (χ4v) is 1.38. The molecule has 0 unspecified atom stereocenters. The second-order valence-electron chi connectivity index (χ2n) is 2.97. The minimum Gasteiger partial charge on any atom is -0.244 e. The van der Waals surface area contributed by atoms with Gasteiger partial charge < -0.3 is 0 Å². The Labute approximate surface area is 101 Å². The number of hydrogen-bond donors (Lipinski definition) is 0. The third-order valence-corrected chi connectivity index (χ3v) is 2.21. The van der Waals surface area contributed by atoms with E-state index in [4.69, 9.17) is 23.2 Å². The summed E-state index contributed by atoms with van der Waals surface area (Å²) in [7, 11) is 0. The summed E-state index contributed by atoms with van der Waals surface area (Å²) in [6, 6.07) is 1.18. The Kier molecular flexibility index (Phi) is 4.62. The lowest BCUT2D eigenvalue weighted by molar-refractivity contribution is -0.137. The maximum Gasteiger partial charge on any atom is 0.418 e. The number of aromatic nitrogens is 1. The molecule has 1 aromatic rings. The van der Waals surface area contributed by atoms with Crippen molar-refractivity contribution in [2.45, 2.75) is 12.6 Å². The van der Waals surface area contributed by atoms with Crippen LogP contribution in [0.5, 0.6) is 0 Å². The summed E-state index contributed by atoms with van der Waals surface area (Å²) in [6.07, 6.45) is -0.299. The van der Waals surface area contributed by atoms with Crippen molar-refractivity contribution in [1.29, 1.82) is 0 Å². The van der Waals surface area contributed by atoms with Crippen LogP contribution < -0.4 is 0 Å². The molecule has 1 nitrogen and oxygen atoms in total. The highest BCUT2D eigenvalue weighted by molar-refractivity contribution is 6.29. The molecule has 0 bridgehead atoms. The number of rotatable bonds is 3. The number of halogens is 5. The summed E-state index contributed by atoms with van der Waals surface area (Å²) in [5.41, 5.74) is -0.805. The van der Waals surface area contributed by atoms with E-state index in [-0.39, 0.29) is 10.7 Å². The van der Waals surface area contributed by atoms with E-state index in [0.29, 0.717) is 12.3 Å². The Bertz CT molecular complexity index is 388. The van der Waals surface area contributed by atoms with Gasteiger partial charge in [-0.1, -0.05) is 23.8 Å². The molecular weight excluding hydrogens is 262 g/mol. The van der Waals surface area contributed by atoms with Gasteiger partial charge in [0.25, 0.3) is 0 Å². The van der Waals surface area contributed by atoms with Crippen molar-refractivity contribution in [1.82, 2.24) is 4.98 Å². The van der Waals surface area contributed by atoms with E-state index in [1.54, 1.807) is 6.08 Å². The van der Waals surface area contributed by atoms with Gasteiger partial charge in [0.15, 0.2) is 0 Å². The van der Waals surface area contributed by atoms with Crippen LogP contribution in [0, 0.1) is 0 Å². The summed E-state index contributed by atoms with van der Waals surface area (Å²) in [4.78, 5) is 3.42. The molecule has 0 amide bonds. The minimum absolute atomic E-state index is 0.00221. The molecule has 1 aromatic heterocycles. The average Bonchev–Trinajstić information content (AvgIpc) is 2.16. The fourth-order valence-electron chi connectivity index (χ4n) is 1.09. The minimum atomic E-state index is -4.43. The zero-order valence-corrected chi connectivity index (χ0v) is 9.57. The quantitative estimate of drug-likeness (QED) is 0.586. The topological polar surface area (TPSA) is 12.9 Å². The van der Waals surface area contributed by atoms with Gasteiger partial charge in [-0.3, -0.25) is 0 Å². The van der Waals surface area contributed by atoms with Crippen molar-refractivity contribution in [3.8, 4) is 0 Å². The molecule has 0 radical (unpaired) electrons. The van der Waals surface area contributed by atoms with E-state index in [0.717, 1.165) is 6.20 Å². The Morgan fingerprint density at radius 1 is 1.38 bits per heavy atom. The number of allylic oxidation sites excluding steroid dienone is 1. The van der Waals surface area contributed by atoms with Crippen LogP contribution in [0.4, 0.5) is 13.2 Å². The number of nitrogens with zero attached hydrogens (tertiary/aromatic N) is 1. The maximum atomic E-state index is 12.5. The van der Waals surface area contributed by atoms with Crippen LogP contribution >= 0.6 is 23.2 Å². The van der Waals surface area contributed by atoms with E-state index >= 15 is 0 Å². The van der Waals surface area contributed by atoms with Crippen molar-refractivity contribution in [3.05, 3.63) is 34.6 Å². The van der Waals surface area contributed by atoms with E-state index < -0.39 is 11.7 Å². The van der Waals surface area contributed by atoms with Gasteiger partial charge in [0, 0.05) is 12.1 Å². The maximum absolute atomic E-state index is 12.5. The van der Waals surface area contributed by atoms with Gasteiger partial charge in [-0.2, -0.15) is 13.2 Å². The number of pyridine rings is 1. The summed E-state index contributed by atoms with van der Waals surface area (Å²) >= 11 is 11.0. The first kappa shape index (κ1) is 13.3. The zero-order chi connectivity index (χ0) is 12.2. The van der Waals surface area contributed by atoms with Crippen molar-refractivity contribution < 1.29 is 13.2 Å². The molecular formula is C10H8Cl2F3N. The summed E-state index contributed by atoms with van der Waals surface area (Å²) in [6.45, 7) is 0. The summed E-state index contributed by atoms with van der Waals surface area (Å²) < 4.78 is 37.6. The molecule has 0 aromatic carbocycles. The molecule has 0 atom stereocenters. The van der Waals surface area contributed by atoms with E-state index in [1.165, 1.54) is 12.1 Å². The van der Waals surface area contributed by atoms with Crippen LogP contribution in [0.2, 0.25) is 5.15 Å². The van der Waals surface area contributed by atoms with E-state index in [9.17, 15) is 13.2 Å². The predicted molar refractivity (Wildman–Crippen MR) is 58.6 cm³/mol. The third-order valence-electron chi connectivity index (χ3n) is 1.78. The first-order valence-electron chi connectivity index (χ1n) is 4.40. The van der Waals surface area contributed by atoms with Gasteiger partial charge >= 0.3 is 6.18 Å². The molecule has 0 saturated carbocycles. The van der Waals surface area contributed by atoms with Gasteiger partial charge in [-0.25, -0.2) is 4.98 Å². The molecule has 1 heterocycles. The van der Waals surface area contributed by atoms with Crippen LogP contribution in [0.25, 0.3) is 6.08 Å². The highest BCUT2D eigenvalue weighted by Gasteiger charge is 2.33. The van der Waals surface area contributed by atoms with E-state index in [1.807, 2.05) is 0 Å². The number of hydrogen-bond acceptors (Lipinski definition) is 1. The number of alkyl halides is 4. The zero-order valence-electron chi connectivity index (χ0n) is 8.06. The molecule has 88 valence electrons. The first-order chi connectivity index (χ1) is 7.45. The largest absolute Gasteiger partial charge is 0.418 e. The molecule has 0 saturated heterocycles. The third kappa shape index (κ3) is 3.68. The van der Waals surface area contributed by atoms with E-state index in [2.05, 4.69) is 4.98 Å². The molecule has 16 heavy (non-hydrogen) atoms. The first-order valence-corrected chi connectivity index (χ1v) is 5.31. The SMILES string of the molecule is FC(F)(F)c1cnc(Cl)cc1C=CCCCl. The average molecular weight is 270 g/mol. The fraction of sp³-hybridized carbons (Fsp3) is 0.300. The van der Waals surface area contributed by atoms with Gasteiger partial charge in [0.1, 0.15) is 5.15 Å². The van der Waals surface area contributed by atoms with Crippen LogP contribution in [0.3, 0.4) is 0 Å². The molecule has 0 aliphatic carbocycles. The standard InChI is InChI=1S/C10H8Cl2F3N/c11-4-2-1-3-7-5-9(12)16-6-8(7)10(13,14)15/h1,3,5-6H,2,4H2. The highest BCUT2D eigenvalue weighted by atomic mass is 35.5. The Hall–Kier alpha value is -0.740. The highest BCUT2D eigenvalue weighted by Crippen LogP contribution is 2.32. The molecule has 0 fully saturated rings. The van der Waals surface area contributed by atoms with Crippen molar-refractivity contribution in [2.24, 2.45) is 0 Å². The normalized spacial score (nSPS) is 12.3. The Balaban J connectivity index is 3.09. The molecule has 0 aliphatic heterocycles. The summed E-state index contributed by atoms with van der Waals surface area (Å²) in [5, 5.41) is 0.0264. The monoisotopic (exact) mass is 269 g/mol. The lowest BCUT2D eigenvalue weighted by Gasteiger charge is -2.09. The summed E-state index contributed by atoms with van der Waals surface area (Å²) in [5.74, 6) is 0.358. The van der Waals surface area contributed by atoms with Crippen molar-refractivity contribution >= 4 is 29.3 Å². The molecule has 6 heteroatoms. The Morgan fingerprint density at radius 3 is 2.62 bits per heavy atom. The van der Waals surface area contributed by atoms with Crippen LogP contribution in [-0.4, -0.2) is 10.9 Å². The molecule has 0 spiro atoms. The van der Waals surface area contributed by atoms with Crippen LogP contribution in [0.1, 0.15) is 17.5 Å². The smallest absolute Gasteiger partial charge is 0.244 e. The van der Waals surface area contributed by atoms with Crippen LogP contribution in [0.15, 0.2) is 18.3 Å². The van der Waals surface area contributed by atoms with Gasteiger partial charge in [-0.05, 0) is 18.1 Å². The lowest BCUT2D eigenvalue weighted by Crippen LogP contribution is -2.08. The lowest BCUT2D eigenvalue weighted by atomic mass is 10.1. The van der Waals surface area contributed by atoms with Crippen molar-refractivity contribution in [2.75, 3.05) is 5.88 Å². The van der Waals surface area contributed by atoms with Crippen LogP contribution in [-0.2, 0) is 6.18 Å². The van der Waals surface area contributed by atoms with Gasteiger partial charge in [0.2, 0.25) is 0 Å². The predicted octanol–water partition coefficient (Wildman–Crippen LogP) is 4.40. The molecule has 0 aliphatic rings. The van der Waals surface area contributed by atoms with Gasteiger partial charge in [-0.15, -0.1) is 11.6 Å². The van der Waals surface area contributed by atoms with Crippen molar-refractivity contribution in [3.63, 3.8) is 0 Å². The molecule has 0 N–H and O–H groups in total. The molecule has 1 rings (SSSR count). The van der Waals surface area contributed by atoms with Gasteiger partial charge in [0.05, 0.1) is 5.56 Å². The Morgan fingerprint density at radius 2 is 2.06 bits per heavy atom. The second-order valence-corrected chi connectivity index (χ2v) is 3.74.